The van der Waals surface area contributed by atoms with Crippen molar-refractivity contribution in [2.24, 2.45) is 0 Å². The lowest BCUT2D eigenvalue weighted by atomic mass is 10.0. The SMILES string of the molecule is COc1ccc(-c2nc3ccc(-c4ccc(OC)c(OC)c4OC)cc3o2)cc1C. The van der Waals surface area contributed by atoms with Gasteiger partial charge in [0.2, 0.25) is 11.6 Å². The monoisotopic (exact) mass is 405 g/mol. The van der Waals surface area contributed by atoms with E-state index in [1.807, 2.05) is 55.5 Å². The molecule has 0 radical (unpaired) electrons. The van der Waals surface area contributed by atoms with E-state index in [0.717, 1.165) is 33.5 Å². The maximum absolute atomic E-state index is 6.07. The number of oxazole rings is 1. The Hall–Kier alpha value is -3.67. The molecule has 4 rings (SSSR count). The number of nitrogens with zero attached hydrogens (tertiary/aromatic N) is 1. The molecular weight excluding hydrogens is 382 g/mol. The molecule has 1 heterocycles. The summed E-state index contributed by atoms with van der Waals surface area (Å²) in [5, 5.41) is 0. The summed E-state index contributed by atoms with van der Waals surface area (Å²) in [4.78, 5) is 4.63. The summed E-state index contributed by atoms with van der Waals surface area (Å²) in [6.07, 6.45) is 0. The molecule has 0 bridgehead atoms. The predicted molar refractivity (Wildman–Crippen MR) is 116 cm³/mol. The van der Waals surface area contributed by atoms with Gasteiger partial charge in [0.1, 0.15) is 11.3 Å². The molecule has 0 N–H and O–H groups in total. The number of rotatable bonds is 6. The van der Waals surface area contributed by atoms with Gasteiger partial charge in [-0.3, -0.25) is 0 Å². The van der Waals surface area contributed by atoms with E-state index >= 15 is 0 Å². The van der Waals surface area contributed by atoms with Crippen molar-refractivity contribution in [1.29, 1.82) is 0 Å². The fourth-order valence-corrected chi connectivity index (χ4v) is 3.56. The van der Waals surface area contributed by atoms with Crippen LogP contribution in [0.2, 0.25) is 0 Å². The van der Waals surface area contributed by atoms with E-state index in [1.54, 1.807) is 28.4 Å². The molecule has 4 aromatic rings. The van der Waals surface area contributed by atoms with Crippen molar-refractivity contribution in [3.8, 4) is 45.6 Å². The van der Waals surface area contributed by atoms with Crippen LogP contribution in [0.15, 0.2) is 52.9 Å². The Morgan fingerprint density at radius 2 is 1.40 bits per heavy atom. The maximum Gasteiger partial charge on any atom is 0.227 e. The van der Waals surface area contributed by atoms with Crippen LogP contribution in [0.4, 0.5) is 0 Å². The molecule has 0 fully saturated rings. The molecule has 6 heteroatoms. The summed E-state index contributed by atoms with van der Waals surface area (Å²) in [5.74, 6) is 3.15. The summed E-state index contributed by atoms with van der Waals surface area (Å²) >= 11 is 0. The van der Waals surface area contributed by atoms with Crippen molar-refractivity contribution in [1.82, 2.24) is 4.98 Å². The summed E-state index contributed by atoms with van der Waals surface area (Å²) in [7, 11) is 6.45. The number of fused-ring (bicyclic) bond motifs is 1. The Morgan fingerprint density at radius 1 is 0.700 bits per heavy atom. The smallest absolute Gasteiger partial charge is 0.227 e. The minimum atomic E-state index is 0.546. The van der Waals surface area contributed by atoms with E-state index in [0.29, 0.717) is 28.7 Å². The molecule has 0 amide bonds. The lowest BCUT2D eigenvalue weighted by molar-refractivity contribution is 0.325. The normalized spacial score (nSPS) is 10.8. The molecule has 0 unspecified atom stereocenters. The lowest BCUT2D eigenvalue weighted by Gasteiger charge is -2.15. The number of aryl methyl sites for hydroxylation is 1. The number of hydrogen-bond acceptors (Lipinski definition) is 6. The van der Waals surface area contributed by atoms with Crippen LogP contribution in [0.25, 0.3) is 33.7 Å². The number of benzene rings is 3. The number of aromatic nitrogens is 1. The predicted octanol–water partition coefficient (Wildman–Crippen LogP) is 5.50. The van der Waals surface area contributed by atoms with Crippen molar-refractivity contribution < 1.29 is 23.4 Å². The van der Waals surface area contributed by atoms with E-state index in [4.69, 9.17) is 23.4 Å². The van der Waals surface area contributed by atoms with Crippen LogP contribution < -0.4 is 18.9 Å². The van der Waals surface area contributed by atoms with Crippen LogP contribution in [0.5, 0.6) is 23.0 Å². The highest BCUT2D eigenvalue weighted by Gasteiger charge is 2.18. The first-order chi connectivity index (χ1) is 14.6. The van der Waals surface area contributed by atoms with Crippen LogP contribution in [-0.4, -0.2) is 33.4 Å². The molecule has 3 aromatic carbocycles. The number of methoxy groups -OCH3 is 4. The Bertz CT molecular complexity index is 1210. The first-order valence-electron chi connectivity index (χ1n) is 9.44. The Kier molecular flexibility index (Phi) is 5.23. The van der Waals surface area contributed by atoms with Gasteiger partial charge in [0.05, 0.1) is 28.4 Å². The molecular formula is C24H23NO5. The third-order valence-electron chi connectivity index (χ3n) is 5.05. The molecule has 154 valence electrons. The van der Waals surface area contributed by atoms with Gasteiger partial charge in [-0.15, -0.1) is 0 Å². The molecule has 0 saturated carbocycles. The van der Waals surface area contributed by atoms with Crippen LogP contribution in [0.3, 0.4) is 0 Å². The molecule has 0 aliphatic carbocycles. The van der Waals surface area contributed by atoms with Gasteiger partial charge in [-0.25, -0.2) is 4.98 Å². The Morgan fingerprint density at radius 3 is 2.07 bits per heavy atom. The van der Waals surface area contributed by atoms with Crippen molar-refractivity contribution in [3.05, 3.63) is 54.1 Å². The van der Waals surface area contributed by atoms with Crippen LogP contribution in [-0.2, 0) is 0 Å². The molecule has 0 aliphatic heterocycles. The van der Waals surface area contributed by atoms with E-state index in [1.165, 1.54) is 0 Å². The fraction of sp³-hybridized carbons (Fsp3) is 0.208. The summed E-state index contributed by atoms with van der Waals surface area (Å²) in [6.45, 7) is 1.99. The van der Waals surface area contributed by atoms with Crippen molar-refractivity contribution >= 4 is 11.1 Å². The van der Waals surface area contributed by atoms with Gasteiger partial charge in [-0.2, -0.15) is 0 Å². The summed E-state index contributed by atoms with van der Waals surface area (Å²) < 4.78 is 27.9. The molecule has 6 nitrogen and oxygen atoms in total. The number of hydrogen-bond donors (Lipinski definition) is 0. The standard InChI is InChI=1S/C24H23NO5/c1-14-12-16(7-10-19(14)26-2)24-25-18-9-6-15(13-21(18)30-24)17-8-11-20(27-3)23(29-5)22(17)28-4/h6-13H,1-5H3. The molecule has 0 saturated heterocycles. The van der Waals surface area contributed by atoms with Gasteiger partial charge >= 0.3 is 0 Å². The second-order valence-corrected chi connectivity index (χ2v) is 6.77. The Balaban J connectivity index is 1.79. The molecule has 0 atom stereocenters. The Labute approximate surface area is 175 Å². The average molecular weight is 405 g/mol. The van der Waals surface area contributed by atoms with E-state index in [9.17, 15) is 0 Å². The topological polar surface area (TPSA) is 63.0 Å². The third-order valence-corrected chi connectivity index (χ3v) is 5.05. The molecule has 0 spiro atoms. The van der Waals surface area contributed by atoms with Crippen LogP contribution >= 0.6 is 0 Å². The highest BCUT2D eigenvalue weighted by atomic mass is 16.5. The highest BCUT2D eigenvalue weighted by molar-refractivity contribution is 5.85. The van der Waals surface area contributed by atoms with Gasteiger partial charge in [-0.05, 0) is 60.5 Å². The first kappa shape index (κ1) is 19.6. The van der Waals surface area contributed by atoms with Gasteiger partial charge in [0.25, 0.3) is 0 Å². The number of ether oxygens (including phenoxy) is 4. The molecule has 1 aromatic heterocycles. The fourth-order valence-electron chi connectivity index (χ4n) is 3.56. The van der Waals surface area contributed by atoms with Gasteiger partial charge in [0, 0.05) is 11.1 Å². The highest BCUT2D eigenvalue weighted by Crippen LogP contribution is 2.44. The zero-order chi connectivity index (χ0) is 21.3. The third kappa shape index (κ3) is 3.30. The second-order valence-electron chi connectivity index (χ2n) is 6.77. The summed E-state index contributed by atoms with van der Waals surface area (Å²) in [5.41, 5.74) is 5.18. The lowest BCUT2D eigenvalue weighted by Crippen LogP contribution is -1.96. The average Bonchev–Trinajstić information content (AvgIpc) is 3.21. The largest absolute Gasteiger partial charge is 0.496 e. The summed E-state index contributed by atoms with van der Waals surface area (Å²) in [6, 6.07) is 15.5. The van der Waals surface area contributed by atoms with E-state index in [2.05, 4.69) is 4.98 Å². The zero-order valence-corrected chi connectivity index (χ0v) is 17.6. The van der Waals surface area contributed by atoms with Crippen molar-refractivity contribution in [2.45, 2.75) is 6.92 Å². The van der Waals surface area contributed by atoms with Crippen molar-refractivity contribution in [2.75, 3.05) is 28.4 Å². The van der Waals surface area contributed by atoms with Crippen LogP contribution in [0, 0.1) is 6.92 Å². The van der Waals surface area contributed by atoms with Gasteiger partial charge in [0.15, 0.2) is 17.1 Å². The molecule has 30 heavy (non-hydrogen) atoms. The van der Waals surface area contributed by atoms with E-state index in [-0.39, 0.29) is 0 Å². The minimum Gasteiger partial charge on any atom is -0.496 e. The second kappa shape index (κ2) is 7.99. The van der Waals surface area contributed by atoms with Crippen LogP contribution in [0.1, 0.15) is 5.56 Å². The first-order valence-corrected chi connectivity index (χ1v) is 9.44. The van der Waals surface area contributed by atoms with E-state index < -0.39 is 0 Å². The molecule has 0 aliphatic rings. The van der Waals surface area contributed by atoms with Crippen molar-refractivity contribution in [3.63, 3.8) is 0 Å². The maximum atomic E-state index is 6.07. The van der Waals surface area contributed by atoms with Gasteiger partial charge < -0.3 is 23.4 Å². The van der Waals surface area contributed by atoms with Gasteiger partial charge in [-0.1, -0.05) is 6.07 Å². The zero-order valence-electron chi connectivity index (χ0n) is 17.6. The minimum absolute atomic E-state index is 0.546. The quantitative estimate of drug-likeness (QED) is 0.422.